The summed E-state index contributed by atoms with van der Waals surface area (Å²) in [5.74, 6) is 1.37. The van der Waals surface area contributed by atoms with Crippen molar-refractivity contribution >= 4 is 0 Å². The Morgan fingerprint density at radius 3 is 2.44 bits per heavy atom. The summed E-state index contributed by atoms with van der Waals surface area (Å²) in [6.07, 6.45) is 3.69. The van der Waals surface area contributed by atoms with E-state index in [9.17, 15) is 0 Å². The molecule has 0 amide bonds. The van der Waals surface area contributed by atoms with Gasteiger partial charge in [-0.25, -0.2) is 9.97 Å². The van der Waals surface area contributed by atoms with Gasteiger partial charge in [-0.3, -0.25) is 0 Å². The van der Waals surface area contributed by atoms with Crippen LogP contribution in [-0.2, 0) is 11.3 Å². The minimum atomic E-state index is 0.396. The standard InChI is InChI=1S/C14H21N3O/c1-9-13(7-15-12-3-4-12)10(2)17-14(16-9)11-5-6-18-8-11/h11-12,15H,3-8H2,1-2H3. The fourth-order valence-corrected chi connectivity index (χ4v) is 2.48. The summed E-state index contributed by atoms with van der Waals surface area (Å²) < 4.78 is 5.42. The van der Waals surface area contributed by atoms with Gasteiger partial charge in [-0.15, -0.1) is 0 Å². The molecule has 4 heteroatoms. The third-order valence-corrected chi connectivity index (χ3v) is 3.88. The quantitative estimate of drug-likeness (QED) is 0.882. The van der Waals surface area contributed by atoms with Crippen LogP contribution in [0.1, 0.15) is 48.0 Å². The topological polar surface area (TPSA) is 47.0 Å². The lowest BCUT2D eigenvalue weighted by Gasteiger charge is -2.13. The Morgan fingerprint density at radius 1 is 1.17 bits per heavy atom. The molecule has 1 saturated carbocycles. The molecule has 3 rings (SSSR count). The molecule has 1 atom stereocenters. The van der Waals surface area contributed by atoms with E-state index >= 15 is 0 Å². The smallest absolute Gasteiger partial charge is 0.134 e. The van der Waals surface area contributed by atoms with Gasteiger partial charge in [0.1, 0.15) is 5.82 Å². The van der Waals surface area contributed by atoms with Gasteiger partial charge in [0.15, 0.2) is 0 Å². The van der Waals surface area contributed by atoms with E-state index in [1.807, 2.05) is 0 Å². The molecule has 1 unspecified atom stereocenters. The highest BCUT2D eigenvalue weighted by atomic mass is 16.5. The molecule has 0 aromatic carbocycles. The fourth-order valence-electron chi connectivity index (χ4n) is 2.48. The van der Waals surface area contributed by atoms with E-state index in [2.05, 4.69) is 29.1 Å². The summed E-state index contributed by atoms with van der Waals surface area (Å²) in [4.78, 5) is 9.37. The van der Waals surface area contributed by atoms with Crippen molar-refractivity contribution in [3.63, 3.8) is 0 Å². The molecule has 98 valence electrons. The summed E-state index contributed by atoms with van der Waals surface area (Å²) in [5.41, 5.74) is 3.51. The van der Waals surface area contributed by atoms with E-state index in [0.29, 0.717) is 5.92 Å². The van der Waals surface area contributed by atoms with E-state index in [-0.39, 0.29) is 0 Å². The average Bonchev–Trinajstić information content (AvgIpc) is 3.00. The number of aromatic nitrogens is 2. The van der Waals surface area contributed by atoms with Crippen LogP contribution in [0, 0.1) is 13.8 Å². The second-order valence-corrected chi connectivity index (χ2v) is 5.45. The molecule has 18 heavy (non-hydrogen) atoms. The third-order valence-electron chi connectivity index (χ3n) is 3.88. The molecule has 2 fully saturated rings. The molecule has 0 radical (unpaired) electrons. The largest absolute Gasteiger partial charge is 0.381 e. The van der Waals surface area contributed by atoms with Gasteiger partial charge in [0, 0.05) is 42.1 Å². The van der Waals surface area contributed by atoms with Gasteiger partial charge >= 0.3 is 0 Å². The highest BCUT2D eigenvalue weighted by molar-refractivity contribution is 5.25. The maximum atomic E-state index is 5.42. The minimum Gasteiger partial charge on any atom is -0.381 e. The Bertz CT molecular complexity index is 414. The van der Waals surface area contributed by atoms with Gasteiger partial charge in [0.25, 0.3) is 0 Å². The molecular formula is C14H21N3O. The first kappa shape index (κ1) is 12.1. The van der Waals surface area contributed by atoms with Crippen LogP contribution in [0.25, 0.3) is 0 Å². The van der Waals surface area contributed by atoms with Crippen molar-refractivity contribution in [2.45, 2.75) is 51.6 Å². The van der Waals surface area contributed by atoms with E-state index in [1.54, 1.807) is 0 Å². The first-order chi connectivity index (χ1) is 8.74. The number of hydrogen-bond acceptors (Lipinski definition) is 4. The van der Waals surface area contributed by atoms with Gasteiger partial charge < -0.3 is 10.1 Å². The van der Waals surface area contributed by atoms with Crippen LogP contribution < -0.4 is 5.32 Å². The van der Waals surface area contributed by atoms with Crippen molar-refractivity contribution in [1.82, 2.24) is 15.3 Å². The van der Waals surface area contributed by atoms with E-state index in [4.69, 9.17) is 4.74 Å². The Hall–Kier alpha value is -1.00. The van der Waals surface area contributed by atoms with Gasteiger partial charge in [-0.05, 0) is 33.1 Å². The summed E-state index contributed by atoms with van der Waals surface area (Å²) in [5, 5.41) is 3.54. The van der Waals surface area contributed by atoms with Crippen LogP contribution >= 0.6 is 0 Å². The van der Waals surface area contributed by atoms with Crippen LogP contribution in [0.5, 0.6) is 0 Å². The van der Waals surface area contributed by atoms with E-state index < -0.39 is 0 Å². The first-order valence-corrected chi connectivity index (χ1v) is 6.89. The highest BCUT2D eigenvalue weighted by Crippen LogP contribution is 2.24. The summed E-state index contributed by atoms with van der Waals surface area (Å²) in [6.45, 7) is 6.72. The van der Waals surface area contributed by atoms with Gasteiger partial charge in [0.2, 0.25) is 0 Å². The Balaban J connectivity index is 1.77. The van der Waals surface area contributed by atoms with E-state index in [1.165, 1.54) is 18.4 Å². The Kier molecular flexibility index (Phi) is 3.31. The molecule has 1 aromatic heterocycles. The van der Waals surface area contributed by atoms with Crippen molar-refractivity contribution in [3.8, 4) is 0 Å². The lowest BCUT2D eigenvalue weighted by molar-refractivity contribution is 0.193. The number of aryl methyl sites for hydroxylation is 2. The zero-order chi connectivity index (χ0) is 12.5. The lowest BCUT2D eigenvalue weighted by Crippen LogP contribution is -2.19. The van der Waals surface area contributed by atoms with Crippen molar-refractivity contribution < 1.29 is 4.74 Å². The predicted octanol–water partition coefficient (Wildman–Crippen LogP) is 1.85. The predicted molar refractivity (Wildman–Crippen MR) is 69.5 cm³/mol. The number of ether oxygens (including phenoxy) is 1. The molecular weight excluding hydrogens is 226 g/mol. The fraction of sp³-hybridized carbons (Fsp3) is 0.714. The normalized spacial score (nSPS) is 23.6. The molecule has 0 bridgehead atoms. The second kappa shape index (κ2) is 4.94. The maximum absolute atomic E-state index is 5.42. The third kappa shape index (κ3) is 2.54. The van der Waals surface area contributed by atoms with Crippen LogP contribution in [0.4, 0.5) is 0 Å². The maximum Gasteiger partial charge on any atom is 0.134 e. The molecule has 2 aliphatic rings. The van der Waals surface area contributed by atoms with Gasteiger partial charge in [0.05, 0.1) is 6.61 Å². The first-order valence-electron chi connectivity index (χ1n) is 6.89. The molecule has 1 aliphatic heterocycles. The summed E-state index contributed by atoms with van der Waals surface area (Å²) in [6, 6.07) is 0.728. The van der Waals surface area contributed by atoms with E-state index in [0.717, 1.165) is 49.4 Å². The second-order valence-electron chi connectivity index (χ2n) is 5.45. The molecule has 1 saturated heterocycles. The van der Waals surface area contributed by atoms with Gasteiger partial charge in [-0.1, -0.05) is 0 Å². The minimum absolute atomic E-state index is 0.396. The Labute approximate surface area is 108 Å². The molecule has 1 aromatic rings. The number of rotatable bonds is 4. The summed E-state index contributed by atoms with van der Waals surface area (Å²) in [7, 11) is 0. The SMILES string of the molecule is Cc1nc(C2CCOC2)nc(C)c1CNC1CC1. The van der Waals surface area contributed by atoms with Crippen LogP contribution in [0.3, 0.4) is 0 Å². The molecule has 1 aliphatic carbocycles. The highest BCUT2D eigenvalue weighted by Gasteiger charge is 2.23. The number of hydrogen-bond donors (Lipinski definition) is 1. The van der Waals surface area contributed by atoms with Crippen molar-refractivity contribution in [2.75, 3.05) is 13.2 Å². The molecule has 1 N–H and O–H groups in total. The van der Waals surface area contributed by atoms with Crippen molar-refractivity contribution in [1.29, 1.82) is 0 Å². The number of nitrogens with zero attached hydrogens (tertiary/aromatic N) is 2. The van der Waals surface area contributed by atoms with Crippen LogP contribution in [0.15, 0.2) is 0 Å². The molecule has 2 heterocycles. The zero-order valence-electron chi connectivity index (χ0n) is 11.2. The van der Waals surface area contributed by atoms with Crippen molar-refractivity contribution in [2.24, 2.45) is 0 Å². The van der Waals surface area contributed by atoms with Crippen molar-refractivity contribution in [3.05, 3.63) is 22.8 Å². The monoisotopic (exact) mass is 247 g/mol. The average molecular weight is 247 g/mol. The Morgan fingerprint density at radius 2 is 1.89 bits per heavy atom. The van der Waals surface area contributed by atoms with Crippen LogP contribution in [0.2, 0.25) is 0 Å². The lowest BCUT2D eigenvalue weighted by atomic mass is 10.1. The molecule has 0 spiro atoms. The van der Waals surface area contributed by atoms with Crippen LogP contribution in [-0.4, -0.2) is 29.2 Å². The zero-order valence-corrected chi connectivity index (χ0v) is 11.2. The van der Waals surface area contributed by atoms with Gasteiger partial charge in [-0.2, -0.15) is 0 Å². The molecule has 4 nitrogen and oxygen atoms in total. The number of nitrogens with one attached hydrogen (secondary N) is 1. The summed E-state index contributed by atoms with van der Waals surface area (Å²) >= 11 is 0.